The molecule has 0 aromatic carbocycles. The van der Waals surface area contributed by atoms with Crippen LogP contribution in [0.2, 0.25) is 0 Å². The first-order chi connectivity index (χ1) is 6.93. The molecular weight excluding hydrogens is 194 g/mol. The van der Waals surface area contributed by atoms with Crippen LogP contribution in [0, 0.1) is 0 Å². The van der Waals surface area contributed by atoms with E-state index in [1.165, 1.54) is 43.7 Å². The van der Waals surface area contributed by atoms with Crippen LogP contribution in [0.25, 0.3) is 0 Å². The molecule has 0 aliphatic carbocycles. The monoisotopic (exact) mass is 217 g/mol. The van der Waals surface area contributed by atoms with Gasteiger partial charge in [-0.1, -0.05) is 6.92 Å². The molecule has 1 rings (SSSR count). The van der Waals surface area contributed by atoms with Crippen LogP contribution in [-0.2, 0) is 4.74 Å². The maximum atomic E-state index is 5.55. The quantitative estimate of drug-likeness (QED) is 0.630. The minimum absolute atomic E-state index is 0.549. The Balaban J connectivity index is 1.75. The summed E-state index contributed by atoms with van der Waals surface area (Å²) in [5, 5.41) is 3.48. The highest BCUT2D eigenvalue weighted by Gasteiger charge is 2.13. The maximum absolute atomic E-state index is 5.55. The van der Waals surface area contributed by atoms with Crippen molar-refractivity contribution < 1.29 is 4.74 Å². The highest BCUT2D eigenvalue weighted by molar-refractivity contribution is 7.99. The molecule has 1 fully saturated rings. The van der Waals surface area contributed by atoms with Crippen molar-refractivity contribution in [2.24, 2.45) is 0 Å². The fourth-order valence-corrected chi connectivity index (χ4v) is 2.34. The molecule has 3 heteroatoms. The normalized spacial score (nSPS) is 21.6. The van der Waals surface area contributed by atoms with Gasteiger partial charge in [0.25, 0.3) is 0 Å². The Labute approximate surface area is 92.2 Å². The first kappa shape index (κ1) is 12.3. The van der Waals surface area contributed by atoms with Gasteiger partial charge in [0.1, 0.15) is 0 Å². The van der Waals surface area contributed by atoms with Gasteiger partial charge in [0.05, 0.1) is 6.10 Å². The molecule has 2 nitrogen and oxygen atoms in total. The summed E-state index contributed by atoms with van der Waals surface area (Å²) in [6.45, 7) is 5.49. The number of rotatable bonds is 8. The van der Waals surface area contributed by atoms with Crippen molar-refractivity contribution in [3.63, 3.8) is 0 Å². The van der Waals surface area contributed by atoms with Crippen LogP contribution >= 0.6 is 11.8 Å². The molecule has 1 aliphatic rings. The summed E-state index contributed by atoms with van der Waals surface area (Å²) in [7, 11) is 0. The standard InChI is InChI=1S/C11H23NOS/c1-2-14-10-4-7-12-8-6-11-5-3-9-13-11/h11-12H,2-10H2,1H3. The van der Waals surface area contributed by atoms with Gasteiger partial charge in [-0.3, -0.25) is 0 Å². The Kier molecular flexibility index (Phi) is 7.55. The van der Waals surface area contributed by atoms with Gasteiger partial charge in [0.15, 0.2) is 0 Å². The van der Waals surface area contributed by atoms with Crippen LogP contribution < -0.4 is 5.32 Å². The smallest absolute Gasteiger partial charge is 0.0588 e. The van der Waals surface area contributed by atoms with Gasteiger partial charge in [-0.15, -0.1) is 0 Å². The Bertz CT molecular complexity index is 126. The average Bonchev–Trinajstić information content (AvgIpc) is 2.69. The van der Waals surface area contributed by atoms with Crippen LogP contribution in [0.1, 0.15) is 32.6 Å². The zero-order chi connectivity index (χ0) is 10.1. The van der Waals surface area contributed by atoms with Crippen LogP contribution in [0.4, 0.5) is 0 Å². The van der Waals surface area contributed by atoms with E-state index in [9.17, 15) is 0 Å². The summed E-state index contributed by atoms with van der Waals surface area (Å²) >= 11 is 2.03. The third kappa shape index (κ3) is 5.89. The number of ether oxygens (including phenoxy) is 1. The van der Waals surface area contributed by atoms with E-state index in [-0.39, 0.29) is 0 Å². The molecule has 1 saturated heterocycles. The molecule has 14 heavy (non-hydrogen) atoms. The maximum Gasteiger partial charge on any atom is 0.0588 e. The summed E-state index contributed by atoms with van der Waals surface area (Å²) in [5.41, 5.74) is 0. The molecule has 1 heterocycles. The fourth-order valence-electron chi connectivity index (χ4n) is 1.70. The van der Waals surface area contributed by atoms with E-state index in [1.54, 1.807) is 0 Å². The SMILES string of the molecule is CCSCCCNCCC1CCCO1. The Morgan fingerprint density at radius 3 is 3.07 bits per heavy atom. The number of hydrogen-bond acceptors (Lipinski definition) is 3. The van der Waals surface area contributed by atoms with E-state index in [0.29, 0.717) is 6.10 Å². The molecule has 0 saturated carbocycles. The molecular formula is C11H23NOS. The molecule has 0 spiro atoms. The number of hydrogen-bond donors (Lipinski definition) is 1. The summed E-state index contributed by atoms with van der Waals surface area (Å²) in [6, 6.07) is 0. The lowest BCUT2D eigenvalue weighted by atomic mass is 10.2. The second kappa shape index (κ2) is 8.57. The molecule has 0 amide bonds. The second-order valence-electron chi connectivity index (χ2n) is 3.72. The molecule has 0 aromatic heterocycles. The summed E-state index contributed by atoms with van der Waals surface area (Å²) in [6.07, 6.45) is 5.57. The Morgan fingerprint density at radius 2 is 2.36 bits per heavy atom. The van der Waals surface area contributed by atoms with E-state index in [2.05, 4.69) is 12.2 Å². The van der Waals surface area contributed by atoms with Gasteiger partial charge in [-0.25, -0.2) is 0 Å². The first-order valence-corrected chi connectivity index (χ1v) is 6.99. The lowest BCUT2D eigenvalue weighted by Gasteiger charge is -2.09. The lowest BCUT2D eigenvalue weighted by molar-refractivity contribution is 0.104. The average molecular weight is 217 g/mol. The third-order valence-electron chi connectivity index (χ3n) is 2.51. The second-order valence-corrected chi connectivity index (χ2v) is 5.12. The highest BCUT2D eigenvalue weighted by Crippen LogP contribution is 2.14. The fraction of sp³-hybridized carbons (Fsp3) is 1.00. The van der Waals surface area contributed by atoms with Crippen molar-refractivity contribution in [1.82, 2.24) is 5.32 Å². The number of thioether (sulfide) groups is 1. The van der Waals surface area contributed by atoms with Crippen molar-refractivity contribution in [3.05, 3.63) is 0 Å². The summed E-state index contributed by atoms with van der Waals surface area (Å²) < 4.78 is 5.55. The minimum atomic E-state index is 0.549. The van der Waals surface area contributed by atoms with Crippen LogP contribution in [0.5, 0.6) is 0 Å². The van der Waals surface area contributed by atoms with Crippen LogP contribution in [-0.4, -0.2) is 37.3 Å². The Hall–Kier alpha value is 0.270. The topological polar surface area (TPSA) is 21.3 Å². The van der Waals surface area contributed by atoms with Crippen molar-refractivity contribution in [1.29, 1.82) is 0 Å². The summed E-state index contributed by atoms with van der Waals surface area (Å²) in [4.78, 5) is 0. The van der Waals surface area contributed by atoms with Crippen molar-refractivity contribution >= 4 is 11.8 Å². The molecule has 1 N–H and O–H groups in total. The van der Waals surface area contributed by atoms with E-state index >= 15 is 0 Å². The molecule has 1 aliphatic heterocycles. The number of nitrogens with one attached hydrogen (secondary N) is 1. The summed E-state index contributed by atoms with van der Waals surface area (Å²) in [5.74, 6) is 2.54. The van der Waals surface area contributed by atoms with Crippen LogP contribution in [0.3, 0.4) is 0 Å². The highest BCUT2D eigenvalue weighted by atomic mass is 32.2. The Morgan fingerprint density at radius 1 is 1.43 bits per heavy atom. The lowest BCUT2D eigenvalue weighted by Crippen LogP contribution is -2.21. The van der Waals surface area contributed by atoms with Gasteiger partial charge in [0, 0.05) is 6.61 Å². The zero-order valence-electron chi connectivity index (χ0n) is 9.26. The van der Waals surface area contributed by atoms with E-state index in [0.717, 1.165) is 13.2 Å². The first-order valence-electron chi connectivity index (χ1n) is 5.83. The predicted octanol–water partition coefficient (Wildman–Crippen LogP) is 2.29. The van der Waals surface area contributed by atoms with Gasteiger partial charge >= 0.3 is 0 Å². The largest absolute Gasteiger partial charge is 0.378 e. The van der Waals surface area contributed by atoms with Crippen LogP contribution in [0.15, 0.2) is 0 Å². The molecule has 1 unspecified atom stereocenters. The van der Waals surface area contributed by atoms with Crippen molar-refractivity contribution in [2.75, 3.05) is 31.2 Å². The van der Waals surface area contributed by atoms with Gasteiger partial charge in [0.2, 0.25) is 0 Å². The third-order valence-corrected chi connectivity index (χ3v) is 3.50. The van der Waals surface area contributed by atoms with Gasteiger partial charge in [-0.05, 0) is 50.3 Å². The van der Waals surface area contributed by atoms with E-state index < -0.39 is 0 Å². The van der Waals surface area contributed by atoms with Gasteiger partial charge in [-0.2, -0.15) is 11.8 Å². The minimum Gasteiger partial charge on any atom is -0.378 e. The molecule has 0 aromatic rings. The van der Waals surface area contributed by atoms with Crippen molar-refractivity contribution in [2.45, 2.75) is 38.7 Å². The van der Waals surface area contributed by atoms with E-state index in [1.807, 2.05) is 11.8 Å². The van der Waals surface area contributed by atoms with Crippen molar-refractivity contribution in [3.8, 4) is 0 Å². The molecule has 0 radical (unpaired) electrons. The van der Waals surface area contributed by atoms with Gasteiger partial charge < -0.3 is 10.1 Å². The predicted molar refractivity (Wildman–Crippen MR) is 64.1 cm³/mol. The molecule has 0 bridgehead atoms. The zero-order valence-corrected chi connectivity index (χ0v) is 10.1. The molecule has 1 atom stereocenters. The molecule has 84 valence electrons. The van der Waals surface area contributed by atoms with E-state index in [4.69, 9.17) is 4.74 Å².